The van der Waals surface area contributed by atoms with E-state index in [1.807, 2.05) is 19.4 Å². The summed E-state index contributed by atoms with van der Waals surface area (Å²) in [6.07, 6.45) is 4.98. The van der Waals surface area contributed by atoms with Gasteiger partial charge in [0.2, 0.25) is 0 Å². The Kier molecular flexibility index (Phi) is 3.53. The van der Waals surface area contributed by atoms with Crippen molar-refractivity contribution in [3.63, 3.8) is 0 Å². The van der Waals surface area contributed by atoms with Gasteiger partial charge in [0.25, 0.3) is 0 Å². The molecule has 2 rings (SSSR count). The van der Waals surface area contributed by atoms with Gasteiger partial charge in [0.15, 0.2) is 0 Å². The van der Waals surface area contributed by atoms with E-state index in [4.69, 9.17) is 0 Å². The first-order valence-electron chi connectivity index (χ1n) is 5.06. The van der Waals surface area contributed by atoms with Crippen LogP contribution in [0.15, 0.2) is 29.2 Å². The molecule has 0 atom stereocenters. The summed E-state index contributed by atoms with van der Waals surface area (Å²) in [4.78, 5) is 4.31. The maximum absolute atomic E-state index is 4.31. The molecule has 80 valence electrons. The van der Waals surface area contributed by atoms with Crippen LogP contribution in [-0.4, -0.2) is 16.6 Å². The number of hydrogen-bond acceptors (Lipinski definition) is 3. The summed E-state index contributed by atoms with van der Waals surface area (Å²) in [7, 11) is 1.94. The molecule has 0 saturated carbocycles. The van der Waals surface area contributed by atoms with E-state index in [9.17, 15) is 0 Å². The van der Waals surface area contributed by atoms with Crippen molar-refractivity contribution in [3.05, 3.63) is 40.6 Å². The molecule has 2 aromatic heterocycles. The van der Waals surface area contributed by atoms with Crippen LogP contribution in [0, 0.1) is 0 Å². The van der Waals surface area contributed by atoms with E-state index in [1.54, 1.807) is 11.3 Å². The highest BCUT2D eigenvalue weighted by Gasteiger charge is 2.01. The first-order valence-corrected chi connectivity index (χ1v) is 6.00. The number of hydrogen-bond donors (Lipinski definition) is 1. The average Bonchev–Trinajstić information content (AvgIpc) is 2.85. The number of nitrogens with zero attached hydrogens (tertiary/aromatic N) is 2. The highest BCUT2D eigenvalue weighted by atomic mass is 32.1. The molecule has 0 spiro atoms. The van der Waals surface area contributed by atoms with E-state index in [0.29, 0.717) is 0 Å². The zero-order valence-electron chi connectivity index (χ0n) is 8.81. The first-order chi connectivity index (χ1) is 7.40. The van der Waals surface area contributed by atoms with E-state index >= 15 is 0 Å². The molecule has 0 aliphatic carbocycles. The molecule has 1 N–H and O–H groups in total. The molecular weight excluding hydrogens is 206 g/mol. The van der Waals surface area contributed by atoms with E-state index in [0.717, 1.165) is 25.3 Å². The minimum atomic E-state index is 0.830. The third-order valence-corrected chi connectivity index (χ3v) is 3.09. The predicted molar refractivity (Wildman–Crippen MR) is 63.0 cm³/mol. The van der Waals surface area contributed by atoms with Gasteiger partial charge in [-0.3, -0.25) is 0 Å². The zero-order chi connectivity index (χ0) is 10.5. The van der Waals surface area contributed by atoms with Gasteiger partial charge in [0.05, 0.1) is 6.54 Å². The molecule has 0 radical (unpaired) electrons. The second kappa shape index (κ2) is 5.09. The van der Waals surface area contributed by atoms with Crippen molar-refractivity contribution < 1.29 is 0 Å². The fraction of sp³-hybridized carbons (Fsp3) is 0.364. The number of imidazole rings is 1. The van der Waals surface area contributed by atoms with Crippen LogP contribution in [0.5, 0.6) is 0 Å². The number of nitrogens with one attached hydrogen (secondary N) is 1. The maximum atomic E-state index is 4.31. The van der Waals surface area contributed by atoms with Crippen molar-refractivity contribution in [2.75, 3.05) is 7.05 Å². The highest BCUT2D eigenvalue weighted by molar-refractivity contribution is 7.07. The van der Waals surface area contributed by atoms with Gasteiger partial charge in [-0.25, -0.2) is 4.98 Å². The number of rotatable bonds is 5. The van der Waals surface area contributed by atoms with E-state index in [-0.39, 0.29) is 0 Å². The lowest BCUT2D eigenvalue weighted by Crippen LogP contribution is -2.12. The second-order valence-electron chi connectivity index (χ2n) is 3.45. The fourth-order valence-corrected chi connectivity index (χ4v) is 2.26. The van der Waals surface area contributed by atoms with Crippen LogP contribution in [0.1, 0.15) is 11.4 Å². The number of thiophene rings is 1. The van der Waals surface area contributed by atoms with Gasteiger partial charge in [-0.2, -0.15) is 11.3 Å². The summed E-state index contributed by atoms with van der Waals surface area (Å²) < 4.78 is 2.20. The van der Waals surface area contributed by atoms with Crippen LogP contribution in [-0.2, 0) is 19.5 Å². The lowest BCUT2D eigenvalue weighted by molar-refractivity contribution is 0.625. The van der Waals surface area contributed by atoms with Gasteiger partial charge in [-0.1, -0.05) is 0 Å². The van der Waals surface area contributed by atoms with Crippen molar-refractivity contribution in [2.45, 2.75) is 19.5 Å². The summed E-state index contributed by atoms with van der Waals surface area (Å²) in [6.45, 7) is 1.84. The van der Waals surface area contributed by atoms with Gasteiger partial charge in [-0.15, -0.1) is 0 Å². The topological polar surface area (TPSA) is 29.9 Å². The van der Waals surface area contributed by atoms with Crippen LogP contribution < -0.4 is 5.32 Å². The molecule has 0 saturated heterocycles. The molecule has 2 heterocycles. The van der Waals surface area contributed by atoms with Gasteiger partial charge in [-0.05, 0) is 35.9 Å². The standard InChI is InChI=1S/C11H15N3S/c1-12-8-11-13-4-6-14(11)5-2-10-3-7-15-9-10/h3-4,6-7,9,12H,2,5,8H2,1H3. The van der Waals surface area contributed by atoms with Crippen LogP contribution in [0.25, 0.3) is 0 Å². The van der Waals surface area contributed by atoms with Gasteiger partial charge in [0.1, 0.15) is 5.82 Å². The Labute approximate surface area is 93.8 Å². The van der Waals surface area contributed by atoms with Crippen molar-refractivity contribution in [1.82, 2.24) is 14.9 Å². The minimum Gasteiger partial charge on any atom is -0.334 e. The third kappa shape index (κ3) is 2.67. The average molecular weight is 221 g/mol. The van der Waals surface area contributed by atoms with Gasteiger partial charge >= 0.3 is 0 Å². The lowest BCUT2D eigenvalue weighted by atomic mass is 10.2. The highest BCUT2D eigenvalue weighted by Crippen LogP contribution is 2.08. The van der Waals surface area contributed by atoms with E-state index in [2.05, 4.69) is 31.7 Å². The minimum absolute atomic E-state index is 0.830. The molecule has 0 amide bonds. The lowest BCUT2D eigenvalue weighted by Gasteiger charge is -2.06. The Hall–Kier alpha value is -1.13. The third-order valence-electron chi connectivity index (χ3n) is 2.36. The summed E-state index contributed by atoms with van der Waals surface area (Å²) in [5.74, 6) is 1.10. The Bertz CT molecular complexity index is 392. The zero-order valence-corrected chi connectivity index (χ0v) is 9.63. The molecule has 0 aliphatic rings. The molecular formula is C11H15N3S. The summed E-state index contributed by atoms with van der Waals surface area (Å²) in [5.41, 5.74) is 1.41. The number of aryl methyl sites for hydroxylation is 2. The van der Waals surface area contributed by atoms with Crippen molar-refractivity contribution >= 4 is 11.3 Å². The number of aromatic nitrogens is 2. The Balaban J connectivity index is 1.95. The van der Waals surface area contributed by atoms with Crippen LogP contribution in [0.4, 0.5) is 0 Å². The Morgan fingerprint density at radius 1 is 1.53 bits per heavy atom. The normalized spacial score (nSPS) is 10.7. The molecule has 2 aromatic rings. The Morgan fingerprint density at radius 3 is 3.20 bits per heavy atom. The van der Waals surface area contributed by atoms with Crippen LogP contribution >= 0.6 is 11.3 Å². The van der Waals surface area contributed by atoms with Crippen molar-refractivity contribution in [2.24, 2.45) is 0 Å². The summed E-state index contributed by atoms with van der Waals surface area (Å²) >= 11 is 1.75. The first kappa shape index (κ1) is 10.4. The molecule has 0 bridgehead atoms. The quantitative estimate of drug-likeness (QED) is 0.836. The smallest absolute Gasteiger partial charge is 0.122 e. The predicted octanol–water partition coefficient (Wildman–Crippen LogP) is 1.91. The van der Waals surface area contributed by atoms with Crippen molar-refractivity contribution in [3.8, 4) is 0 Å². The molecule has 0 fully saturated rings. The van der Waals surface area contributed by atoms with E-state index in [1.165, 1.54) is 5.56 Å². The monoisotopic (exact) mass is 221 g/mol. The molecule has 3 nitrogen and oxygen atoms in total. The largest absolute Gasteiger partial charge is 0.334 e. The maximum Gasteiger partial charge on any atom is 0.122 e. The second-order valence-corrected chi connectivity index (χ2v) is 4.23. The summed E-state index contributed by atoms with van der Waals surface area (Å²) in [5, 5.41) is 7.45. The van der Waals surface area contributed by atoms with Gasteiger partial charge < -0.3 is 9.88 Å². The van der Waals surface area contributed by atoms with Crippen LogP contribution in [0.2, 0.25) is 0 Å². The van der Waals surface area contributed by atoms with E-state index < -0.39 is 0 Å². The SMILES string of the molecule is CNCc1nccn1CCc1ccsc1. The van der Waals surface area contributed by atoms with Crippen molar-refractivity contribution in [1.29, 1.82) is 0 Å². The Morgan fingerprint density at radius 2 is 2.47 bits per heavy atom. The summed E-state index contributed by atoms with van der Waals surface area (Å²) in [6, 6.07) is 2.18. The molecule has 15 heavy (non-hydrogen) atoms. The molecule has 0 unspecified atom stereocenters. The van der Waals surface area contributed by atoms with Crippen LogP contribution in [0.3, 0.4) is 0 Å². The van der Waals surface area contributed by atoms with Gasteiger partial charge in [0, 0.05) is 18.9 Å². The fourth-order valence-electron chi connectivity index (χ4n) is 1.55. The molecule has 0 aliphatic heterocycles. The molecule has 0 aromatic carbocycles. The molecule has 4 heteroatoms.